The van der Waals surface area contributed by atoms with Gasteiger partial charge in [0.1, 0.15) is 5.37 Å². The van der Waals surface area contributed by atoms with Crippen LogP contribution in [0.1, 0.15) is 5.37 Å². The topological polar surface area (TPSA) is 84.3 Å². The number of hydrogen-bond acceptors (Lipinski definition) is 5. The summed E-state index contributed by atoms with van der Waals surface area (Å²) in [5.41, 5.74) is -0.840. The molecule has 0 saturated carbocycles. The van der Waals surface area contributed by atoms with E-state index >= 15 is 0 Å². The van der Waals surface area contributed by atoms with E-state index in [0.29, 0.717) is 12.4 Å². The van der Waals surface area contributed by atoms with Crippen LogP contribution in [0.3, 0.4) is 0 Å². The van der Waals surface area contributed by atoms with E-state index in [0.717, 1.165) is 0 Å². The van der Waals surface area contributed by atoms with Crippen LogP contribution in [0.15, 0.2) is 21.9 Å². The molecule has 0 bridgehead atoms. The van der Waals surface area contributed by atoms with Gasteiger partial charge in [0, 0.05) is 18.0 Å². The Kier molecular flexibility index (Phi) is 3.47. The summed E-state index contributed by atoms with van der Waals surface area (Å²) in [5.74, 6) is 0.632. The molecule has 1 aliphatic heterocycles. The summed E-state index contributed by atoms with van der Waals surface area (Å²) in [6.45, 7) is 0.335. The molecule has 0 aliphatic carbocycles. The third-order valence-corrected chi connectivity index (χ3v) is 3.63. The Morgan fingerprint density at radius 3 is 3.00 bits per heavy atom. The second-order valence-corrected chi connectivity index (χ2v) is 4.65. The van der Waals surface area contributed by atoms with Crippen molar-refractivity contribution in [1.29, 1.82) is 0 Å². The first-order chi connectivity index (χ1) is 7.70. The van der Waals surface area contributed by atoms with Crippen LogP contribution in [0.5, 0.6) is 0 Å². The van der Waals surface area contributed by atoms with Crippen molar-refractivity contribution < 1.29 is 9.84 Å². The molecule has 1 aromatic rings. The molecule has 2 unspecified atom stereocenters. The van der Waals surface area contributed by atoms with Gasteiger partial charge in [-0.05, 0) is 0 Å². The number of aromatic nitrogens is 2. The summed E-state index contributed by atoms with van der Waals surface area (Å²) >= 11 is 1.52. The van der Waals surface area contributed by atoms with Crippen LogP contribution >= 0.6 is 11.8 Å². The summed E-state index contributed by atoms with van der Waals surface area (Å²) < 4.78 is 6.79. The van der Waals surface area contributed by atoms with E-state index in [1.807, 2.05) is 0 Å². The molecule has 0 aromatic carbocycles. The number of aromatic amines is 1. The van der Waals surface area contributed by atoms with E-state index in [-0.39, 0.29) is 18.1 Å². The van der Waals surface area contributed by atoms with Gasteiger partial charge < -0.3 is 9.84 Å². The normalized spacial score (nSPS) is 25.6. The Morgan fingerprint density at radius 2 is 2.44 bits per heavy atom. The Morgan fingerprint density at radius 1 is 1.62 bits per heavy atom. The number of nitrogens with one attached hydrogen (secondary N) is 1. The monoisotopic (exact) mass is 244 g/mol. The predicted molar refractivity (Wildman–Crippen MR) is 59.6 cm³/mol. The van der Waals surface area contributed by atoms with Gasteiger partial charge >= 0.3 is 5.69 Å². The van der Waals surface area contributed by atoms with Crippen LogP contribution in [0.25, 0.3) is 0 Å². The fourth-order valence-electron chi connectivity index (χ4n) is 1.45. The van der Waals surface area contributed by atoms with Gasteiger partial charge in [0.05, 0.1) is 19.3 Å². The van der Waals surface area contributed by atoms with Gasteiger partial charge in [0.25, 0.3) is 5.56 Å². The SMILES string of the molecule is O=c1ccn(C2COC(CO)CS2)c(=O)[nH]1. The Labute approximate surface area is 95.3 Å². The standard InChI is InChI=1S/C9H12N2O4S/c12-3-6-5-16-8(4-15-6)11-2-1-7(13)10-9(11)14/h1-2,6,8,12H,3-5H2,(H,10,13,14). The molecular weight excluding hydrogens is 232 g/mol. The number of nitrogens with zero attached hydrogens (tertiary/aromatic N) is 1. The highest BCUT2D eigenvalue weighted by Gasteiger charge is 2.23. The molecule has 0 amide bonds. The fraction of sp³-hybridized carbons (Fsp3) is 0.556. The zero-order valence-electron chi connectivity index (χ0n) is 8.46. The molecule has 2 rings (SSSR count). The van der Waals surface area contributed by atoms with Crippen LogP contribution in [-0.2, 0) is 4.74 Å². The zero-order chi connectivity index (χ0) is 11.5. The highest BCUT2D eigenvalue weighted by atomic mass is 32.2. The molecule has 0 radical (unpaired) electrons. The van der Waals surface area contributed by atoms with Gasteiger partial charge in [-0.1, -0.05) is 0 Å². The fourth-order valence-corrected chi connectivity index (χ4v) is 2.59. The average Bonchev–Trinajstić information content (AvgIpc) is 2.29. The molecule has 2 N–H and O–H groups in total. The van der Waals surface area contributed by atoms with E-state index in [4.69, 9.17) is 9.84 Å². The van der Waals surface area contributed by atoms with Gasteiger partial charge in [-0.3, -0.25) is 14.3 Å². The number of ether oxygens (including phenoxy) is 1. The van der Waals surface area contributed by atoms with Crippen molar-refractivity contribution in [2.75, 3.05) is 19.0 Å². The lowest BCUT2D eigenvalue weighted by Crippen LogP contribution is -2.36. The highest BCUT2D eigenvalue weighted by Crippen LogP contribution is 2.27. The molecular formula is C9H12N2O4S. The first kappa shape index (κ1) is 11.4. The lowest BCUT2D eigenvalue weighted by atomic mass is 10.4. The maximum atomic E-state index is 11.5. The number of thioether (sulfide) groups is 1. The van der Waals surface area contributed by atoms with E-state index < -0.39 is 11.2 Å². The summed E-state index contributed by atoms with van der Waals surface area (Å²) in [7, 11) is 0. The van der Waals surface area contributed by atoms with Crippen LogP contribution in [-0.4, -0.2) is 39.7 Å². The third kappa shape index (κ3) is 2.37. The van der Waals surface area contributed by atoms with E-state index in [9.17, 15) is 9.59 Å². The van der Waals surface area contributed by atoms with Crippen LogP contribution < -0.4 is 11.2 Å². The molecule has 16 heavy (non-hydrogen) atoms. The van der Waals surface area contributed by atoms with Gasteiger partial charge in [-0.15, -0.1) is 11.8 Å². The zero-order valence-corrected chi connectivity index (χ0v) is 9.27. The van der Waals surface area contributed by atoms with Crippen molar-refractivity contribution in [2.24, 2.45) is 0 Å². The van der Waals surface area contributed by atoms with Crippen molar-refractivity contribution >= 4 is 11.8 Å². The third-order valence-electron chi connectivity index (χ3n) is 2.31. The molecule has 88 valence electrons. The minimum absolute atomic E-state index is 0.0136. The second-order valence-electron chi connectivity index (χ2n) is 3.44. The predicted octanol–water partition coefficient (Wildman–Crippen LogP) is -0.841. The maximum absolute atomic E-state index is 11.5. The summed E-state index contributed by atoms with van der Waals surface area (Å²) in [6, 6.07) is 1.31. The molecule has 2 heterocycles. The molecule has 7 heteroatoms. The van der Waals surface area contributed by atoms with Gasteiger partial charge in [-0.2, -0.15) is 0 Å². The van der Waals surface area contributed by atoms with Crippen molar-refractivity contribution in [1.82, 2.24) is 9.55 Å². The highest BCUT2D eigenvalue weighted by molar-refractivity contribution is 7.99. The number of hydrogen-bond donors (Lipinski definition) is 2. The maximum Gasteiger partial charge on any atom is 0.329 e. The molecule has 0 spiro atoms. The first-order valence-corrected chi connectivity index (χ1v) is 5.91. The first-order valence-electron chi connectivity index (χ1n) is 4.86. The number of aliphatic hydroxyl groups excluding tert-OH is 1. The van der Waals surface area contributed by atoms with Crippen molar-refractivity contribution in [3.8, 4) is 0 Å². The van der Waals surface area contributed by atoms with Crippen LogP contribution in [0.2, 0.25) is 0 Å². The largest absolute Gasteiger partial charge is 0.394 e. The van der Waals surface area contributed by atoms with Crippen LogP contribution in [0, 0.1) is 0 Å². The van der Waals surface area contributed by atoms with E-state index in [2.05, 4.69) is 4.98 Å². The van der Waals surface area contributed by atoms with Gasteiger partial charge in [0.2, 0.25) is 0 Å². The van der Waals surface area contributed by atoms with E-state index in [1.54, 1.807) is 0 Å². The summed E-state index contributed by atoms with van der Waals surface area (Å²) in [5, 5.41) is 8.74. The number of rotatable bonds is 2. The lowest BCUT2D eigenvalue weighted by Gasteiger charge is -2.28. The average molecular weight is 244 g/mol. The summed E-state index contributed by atoms with van der Waals surface area (Å²) in [6.07, 6.45) is 1.29. The number of aliphatic hydroxyl groups is 1. The molecule has 1 fully saturated rings. The Bertz CT molecular complexity index is 461. The molecule has 2 atom stereocenters. The Hall–Kier alpha value is -1.05. The van der Waals surface area contributed by atoms with Crippen molar-refractivity contribution in [3.05, 3.63) is 33.1 Å². The van der Waals surface area contributed by atoms with Gasteiger partial charge in [-0.25, -0.2) is 4.79 Å². The molecule has 6 nitrogen and oxygen atoms in total. The molecule has 1 saturated heterocycles. The van der Waals surface area contributed by atoms with Crippen molar-refractivity contribution in [3.63, 3.8) is 0 Å². The Balaban J connectivity index is 2.14. The number of H-pyrrole nitrogens is 1. The van der Waals surface area contributed by atoms with Crippen LogP contribution in [0.4, 0.5) is 0 Å². The quantitative estimate of drug-likeness (QED) is 0.708. The van der Waals surface area contributed by atoms with Crippen molar-refractivity contribution in [2.45, 2.75) is 11.5 Å². The minimum Gasteiger partial charge on any atom is -0.394 e. The summed E-state index contributed by atoms with van der Waals surface area (Å²) in [4.78, 5) is 24.6. The minimum atomic E-state index is -0.434. The van der Waals surface area contributed by atoms with Gasteiger partial charge in [0.15, 0.2) is 0 Å². The van der Waals surface area contributed by atoms with E-state index in [1.165, 1.54) is 28.6 Å². The lowest BCUT2D eigenvalue weighted by molar-refractivity contribution is 0.0152. The molecule has 1 aliphatic rings. The second kappa shape index (κ2) is 4.86. The smallest absolute Gasteiger partial charge is 0.329 e. The molecule has 1 aromatic heterocycles.